The Bertz CT molecular complexity index is 1820. The van der Waals surface area contributed by atoms with E-state index in [1.807, 2.05) is 48.5 Å². The molecule has 2 amide bonds. The molecule has 5 aromatic rings. The van der Waals surface area contributed by atoms with Crippen LogP contribution in [0.1, 0.15) is 16.8 Å². The van der Waals surface area contributed by atoms with E-state index in [2.05, 4.69) is 14.9 Å². The first-order chi connectivity index (χ1) is 19.8. The summed E-state index contributed by atoms with van der Waals surface area (Å²) < 4.78 is 40.5. The van der Waals surface area contributed by atoms with Crippen LogP contribution in [0.15, 0.2) is 99.1 Å². The Morgan fingerprint density at radius 2 is 1.73 bits per heavy atom. The maximum absolute atomic E-state index is 13.6. The molecule has 1 fully saturated rings. The van der Waals surface area contributed by atoms with Gasteiger partial charge in [-0.25, -0.2) is 22.9 Å². The summed E-state index contributed by atoms with van der Waals surface area (Å²) in [6, 6.07) is 21.7. The largest absolute Gasteiger partial charge is 0.445 e. The molecule has 1 aliphatic heterocycles. The minimum atomic E-state index is -4.06. The topological polar surface area (TPSA) is 122 Å². The summed E-state index contributed by atoms with van der Waals surface area (Å²) >= 11 is 0. The normalized spacial score (nSPS) is 13.7. The Hall–Kier alpha value is -4.90. The molecule has 0 spiro atoms. The summed E-state index contributed by atoms with van der Waals surface area (Å²) in [7, 11) is -4.06. The third-order valence-electron chi connectivity index (χ3n) is 7.16. The Morgan fingerprint density at radius 1 is 0.951 bits per heavy atom. The molecule has 0 saturated carbocycles. The fourth-order valence-corrected chi connectivity index (χ4v) is 6.15. The van der Waals surface area contributed by atoms with E-state index in [9.17, 15) is 13.2 Å². The lowest BCUT2D eigenvalue weighted by Crippen LogP contribution is -2.31. The lowest BCUT2D eigenvalue weighted by molar-refractivity contribution is 0.219. The maximum Gasteiger partial charge on any atom is 0.324 e. The molecular weight excluding hydrogens is 542 g/mol. The second kappa shape index (κ2) is 10.6. The quantitative estimate of drug-likeness (QED) is 0.249. The van der Waals surface area contributed by atoms with Gasteiger partial charge in [0.2, 0.25) is 11.8 Å². The van der Waals surface area contributed by atoms with Crippen LogP contribution in [-0.2, 0) is 16.6 Å². The van der Waals surface area contributed by atoms with E-state index in [0.717, 1.165) is 11.3 Å². The average molecular weight is 570 g/mol. The minimum absolute atomic E-state index is 0.0669. The van der Waals surface area contributed by atoms with Gasteiger partial charge in [-0.2, -0.15) is 0 Å². The van der Waals surface area contributed by atoms with Crippen LogP contribution in [0.4, 0.5) is 16.4 Å². The molecule has 3 aromatic carbocycles. The molecule has 1 aliphatic rings. The molecule has 3 heterocycles. The molecule has 1 N–H and O–H groups in total. The van der Waals surface area contributed by atoms with Gasteiger partial charge < -0.3 is 13.8 Å². The first-order valence-corrected chi connectivity index (χ1v) is 14.5. The molecule has 1 saturated heterocycles. The number of aryl methyl sites for hydroxylation is 1. The highest BCUT2D eigenvalue weighted by molar-refractivity contribution is 7.92. The van der Waals surface area contributed by atoms with Gasteiger partial charge in [-0.3, -0.25) is 4.90 Å². The zero-order valence-corrected chi connectivity index (χ0v) is 23.3. The van der Waals surface area contributed by atoms with Crippen molar-refractivity contribution in [3.63, 3.8) is 0 Å². The van der Waals surface area contributed by atoms with Crippen LogP contribution in [-0.4, -0.2) is 42.6 Å². The Morgan fingerprint density at radius 3 is 2.46 bits per heavy atom. The van der Waals surface area contributed by atoms with Crippen molar-refractivity contribution >= 4 is 27.6 Å². The lowest BCUT2D eigenvalue weighted by Gasteiger charge is -2.21. The van der Waals surface area contributed by atoms with Gasteiger partial charge in [0.1, 0.15) is 6.26 Å². The van der Waals surface area contributed by atoms with Crippen molar-refractivity contribution in [2.75, 3.05) is 22.7 Å². The van der Waals surface area contributed by atoms with Gasteiger partial charge in [0.05, 0.1) is 16.8 Å². The van der Waals surface area contributed by atoms with Gasteiger partial charge >= 0.3 is 6.03 Å². The summed E-state index contributed by atoms with van der Waals surface area (Å²) in [4.78, 5) is 21.3. The first kappa shape index (κ1) is 26.3. The summed E-state index contributed by atoms with van der Waals surface area (Å²) in [5, 5.41) is 3.86. The van der Waals surface area contributed by atoms with E-state index < -0.39 is 10.0 Å². The number of para-hydroxylation sites is 1. The van der Waals surface area contributed by atoms with Crippen molar-refractivity contribution in [1.82, 2.24) is 15.0 Å². The van der Waals surface area contributed by atoms with Gasteiger partial charge in [0.15, 0.2) is 0 Å². The Balaban J connectivity index is 1.40. The predicted octanol–water partition coefficient (Wildman–Crippen LogP) is 5.86. The average Bonchev–Trinajstić information content (AvgIpc) is 3.72. The number of hydrogen-bond donors (Lipinski definition) is 1. The Kier molecular flexibility index (Phi) is 6.80. The first-order valence-electron chi connectivity index (χ1n) is 13.0. The van der Waals surface area contributed by atoms with Crippen molar-refractivity contribution in [3.05, 3.63) is 102 Å². The molecule has 2 aromatic heterocycles. The molecule has 208 valence electrons. The summed E-state index contributed by atoms with van der Waals surface area (Å²) in [6.45, 7) is 4.80. The van der Waals surface area contributed by atoms with E-state index in [-0.39, 0.29) is 23.4 Å². The van der Waals surface area contributed by atoms with E-state index >= 15 is 0 Å². The predicted molar refractivity (Wildman–Crippen MR) is 154 cm³/mol. The highest BCUT2D eigenvalue weighted by Crippen LogP contribution is 2.35. The molecule has 0 aliphatic carbocycles. The van der Waals surface area contributed by atoms with Crippen molar-refractivity contribution in [2.24, 2.45) is 0 Å². The number of oxazole rings is 1. The van der Waals surface area contributed by atoms with Crippen LogP contribution in [0.5, 0.6) is 0 Å². The molecule has 0 unspecified atom stereocenters. The smallest absolute Gasteiger partial charge is 0.324 e. The number of sulfonamides is 1. The van der Waals surface area contributed by atoms with Crippen molar-refractivity contribution < 1.29 is 22.2 Å². The number of rotatable bonds is 8. The van der Waals surface area contributed by atoms with Gasteiger partial charge in [0.25, 0.3) is 10.0 Å². The number of benzene rings is 3. The molecule has 0 radical (unpaired) electrons. The standard InChI is InChI=1S/C30H27N5O5S/c1-20-21(2)32-40-28(20)33-41(37,38)27-11-7-6-10-26(27)25-13-12-22(29-31-14-17-39-29)18-23(25)19-34-15-16-35(30(34)36)24-8-4-3-5-9-24/h3-14,17-18,33H,15-16,19H2,1-2H3. The number of aromatic nitrogens is 2. The zero-order valence-electron chi connectivity index (χ0n) is 22.4. The molecular formula is C30H27N5O5S. The van der Waals surface area contributed by atoms with E-state index in [0.29, 0.717) is 46.9 Å². The SMILES string of the molecule is Cc1noc(NS(=O)(=O)c2ccccc2-c2ccc(-c3ncco3)cc2CN2CCN(c3ccccc3)C2=O)c1C. The zero-order chi connectivity index (χ0) is 28.6. The molecule has 11 heteroatoms. The Labute approximate surface area is 237 Å². The van der Waals surface area contributed by atoms with E-state index in [1.54, 1.807) is 54.1 Å². The monoisotopic (exact) mass is 569 g/mol. The third-order valence-corrected chi connectivity index (χ3v) is 8.55. The number of nitrogens with one attached hydrogen (secondary N) is 1. The second-order valence-corrected chi connectivity index (χ2v) is 11.4. The van der Waals surface area contributed by atoms with Crippen molar-refractivity contribution in [2.45, 2.75) is 25.3 Å². The van der Waals surface area contributed by atoms with Crippen LogP contribution in [0.25, 0.3) is 22.6 Å². The van der Waals surface area contributed by atoms with Crippen LogP contribution in [0, 0.1) is 13.8 Å². The summed E-state index contributed by atoms with van der Waals surface area (Å²) in [6.07, 6.45) is 3.05. The van der Waals surface area contributed by atoms with Gasteiger partial charge in [-0.05, 0) is 55.3 Å². The number of hydrogen-bond acceptors (Lipinski definition) is 7. The van der Waals surface area contributed by atoms with Crippen LogP contribution in [0.2, 0.25) is 0 Å². The molecule has 41 heavy (non-hydrogen) atoms. The van der Waals surface area contributed by atoms with Gasteiger partial charge in [0, 0.05) is 42.0 Å². The number of nitrogens with zero attached hydrogens (tertiary/aromatic N) is 4. The van der Waals surface area contributed by atoms with Crippen LogP contribution < -0.4 is 9.62 Å². The van der Waals surface area contributed by atoms with Gasteiger partial charge in [-0.1, -0.05) is 47.6 Å². The number of urea groups is 1. The van der Waals surface area contributed by atoms with Crippen molar-refractivity contribution in [1.29, 1.82) is 0 Å². The molecule has 0 atom stereocenters. The fraction of sp³-hybridized carbons (Fsp3) is 0.167. The number of carbonyl (C=O) groups excluding carboxylic acids is 1. The summed E-state index contributed by atoms with van der Waals surface area (Å²) in [5.74, 6) is 0.496. The van der Waals surface area contributed by atoms with E-state index in [4.69, 9.17) is 8.94 Å². The highest BCUT2D eigenvalue weighted by Gasteiger charge is 2.31. The molecule has 6 rings (SSSR count). The highest BCUT2D eigenvalue weighted by atomic mass is 32.2. The van der Waals surface area contributed by atoms with E-state index in [1.165, 1.54) is 6.26 Å². The number of carbonyl (C=O) groups is 1. The molecule has 10 nitrogen and oxygen atoms in total. The second-order valence-electron chi connectivity index (χ2n) is 9.72. The molecule has 0 bridgehead atoms. The number of anilines is 2. The van der Waals surface area contributed by atoms with Crippen molar-refractivity contribution in [3.8, 4) is 22.6 Å². The maximum atomic E-state index is 13.6. The number of amides is 2. The van der Waals surface area contributed by atoms with Crippen LogP contribution in [0.3, 0.4) is 0 Å². The minimum Gasteiger partial charge on any atom is -0.445 e. The van der Waals surface area contributed by atoms with Crippen LogP contribution >= 0.6 is 0 Å². The lowest BCUT2D eigenvalue weighted by atomic mass is 9.97. The third kappa shape index (κ3) is 5.07. The fourth-order valence-electron chi connectivity index (χ4n) is 4.88. The van der Waals surface area contributed by atoms with Gasteiger partial charge in [-0.15, -0.1) is 0 Å². The summed E-state index contributed by atoms with van der Waals surface area (Å²) in [5.41, 5.74) is 4.64.